The highest BCUT2D eigenvalue weighted by Gasteiger charge is 2.27. The van der Waals surface area contributed by atoms with Crippen molar-refractivity contribution in [1.29, 1.82) is 5.26 Å². The average Bonchev–Trinajstić information content (AvgIpc) is 2.15. The van der Waals surface area contributed by atoms with Crippen LogP contribution in [0.2, 0.25) is 0 Å². The molecule has 1 unspecified atom stereocenters. The molecule has 0 saturated carbocycles. The van der Waals surface area contributed by atoms with Gasteiger partial charge >= 0.3 is 7.82 Å². The number of allylic oxidation sites excluding steroid dienone is 1. The highest BCUT2D eigenvalue weighted by Crippen LogP contribution is 2.50. The van der Waals surface area contributed by atoms with Crippen LogP contribution in [-0.4, -0.2) is 19.3 Å². The zero-order valence-electron chi connectivity index (χ0n) is 9.17. The Balaban J connectivity index is 4.34. The predicted molar refractivity (Wildman–Crippen MR) is 56.2 cm³/mol. The second-order valence-electron chi connectivity index (χ2n) is 2.58. The van der Waals surface area contributed by atoms with E-state index in [2.05, 4.69) is 0 Å². The molecule has 0 aliphatic carbocycles. The number of nitrogens with zero attached hydrogens (tertiary/aromatic N) is 1. The molecule has 1 atom stereocenters. The third kappa shape index (κ3) is 6.43. The third-order valence-corrected chi connectivity index (χ3v) is 3.05. The van der Waals surface area contributed by atoms with Gasteiger partial charge in [0.05, 0.1) is 25.4 Å². The van der Waals surface area contributed by atoms with E-state index in [0.717, 1.165) is 0 Å². The molecule has 0 aromatic carbocycles. The maximum atomic E-state index is 11.8. The predicted octanol–water partition coefficient (Wildman–Crippen LogP) is 2.65. The quantitative estimate of drug-likeness (QED) is 0.499. The molecule has 0 aromatic rings. The van der Waals surface area contributed by atoms with Crippen molar-refractivity contribution in [3.05, 3.63) is 12.2 Å². The molecule has 0 N–H and O–H groups in total. The lowest BCUT2D eigenvalue weighted by atomic mass is 10.4. The Morgan fingerprint density at radius 2 is 1.93 bits per heavy atom. The number of hydrogen-bond acceptors (Lipinski definition) is 5. The summed E-state index contributed by atoms with van der Waals surface area (Å²) >= 11 is 0. The van der Waals surface area contributed by atoms with Crippen LogP contribution < -0.4 is 0 Å². The highest BCUT2D eigenvalue weighted by atomic mass is 31.2. The molecule has 0 aliphatic heterocycles. The summed E-state index contributed by atoms with van der Waals surface area (Å²) < 4.78 is 26.7. The van der Waals surface area contributed by atoms with E-state index in [1.165, 1.54) is 12.2 Å². The number of rotatable bonds is 7. The van der Waals surface area contributed by atoms with Gasteiger partial charge < -0.3 is 0 Å². The minimum Gasteiger partial charge on any atom is -0.287 e. The fourth-order valence-corrected chi connectivity index (χ4v) is 2.14. The normalized spacial score (nSPS) is 14.0. The Kier molecular flexibility index (Phi) is 7.27. The molecule has 86 valence electrons. The second-order valence-corrected chi connectivity index (χ2v) is 4.20. The van der Waals surface area contributed by atoms with Crippen molar-refractivity contribution in [1.82, 2.24) is 0 Å². The number of nitriles is 1. The molecule has 6 heteroatoms. The zero-order chi connectivity index (χ0) is 11.7. The first kappa shape index (κ1) is 14.3. The first-order valence-electron chi connectivity index (χ1n) is 4.71. The van der Waals surface area contributed by atoms with Crippen LogP contribution in [0.25, 0.3) is 0 Å². The van der Waals surface area contributed by atoms with Gasteiger partial charge in [0.15, 0.2) is 0 Å². The Hall–Kier alpha value is -0.660. The summed E-state index contributed by atoms with van der Waals surface area (Å²) in [6.07, 6.45) is 2.24. The van der Waals surface area contributed by atoms with Crippen molar-refractivity contribution >= 4 is 7.82 Å². The van der Waals surface area contributed by atoms with Crippen molar-refractivity contribution in [2.75, 3.05) is 13.2 Å². The van der Waals surface area contributed by atoms with Gasteiger partial charge in [0, 0.05) is 6.08 Å². The maximum Gasteiger partial charge on any atom is 0.475 e. The third-order valence-electron chi connectivity index (χ3n) is 1.31. The van der Waals surface area contributed by atoms with Gasteiger partial charge in [-0.3, -0.25) is 13.6 Å². The number of phosphoric acid groups is 1. The van der Waals surface area contributed by atoms with Crippen LogP contribution in [0.15, 0.2) is 12.2 Å². The highest BCUT2D eigenvalue weighted by molar-refractivity contribution is 7.48. The van der Waals surface area contributed by atoms with Crippen LogP contribution in [0, 0.1) is 11.3 Å². The summed E-state index contributed by atoms with van der Waals surface area (Å²) in [6.45, 7) is 5.53. The minimum atomic E-state index is -3.48. The molecule has 0 radical (unpaired) electrons. The second kappa shape index (κ2) is 7.61. The fraction of sp³-hybridized carbons (Fsp3) is 0.667. The standard InChI is InChI=1S/C9H16NO4P/c1-4-12-15(11,13-5-2)14-9(3)7-6-8-10/h6-7,9H,4-5H2,1-3H3/b7-6+. The van der Waals surface area contributed by atoms with Crippen LogP contribution in [0.3, 0.4) is 0 Å². The van der Waals surface area contributed by atoms with Crippen molar-refractivity contribution in [2.45, 2.75) is 26.9 Å². The first-order valence-corrected chi connectivity index (χ1v) is 6.17. The van der Waals surface area contributed by atoms with Gasteiger partial charge in [-0.1, -0.05) is 0 Å². The first-order chi connectivity index (χ1) is 7.08. The van der Waals surface area contributed by atoms with E-state index in [0.29, 0.717) is 0 Å². The Bertz CT molecular complexity index is 274. The molecule has 0 heterocycles. The monoisotopic (exact) mass is 233 g/mol. The summed E-state index contributed by atoms with van der Waals surface area (Å²) in [5, 5.41) is 8.30. The van der Waals surface area contributed by atoms with Crippen LogP contribution in [0.5, 0.6) is 0 Å². The average molecular weight is 233 g/mol. The molecule has 0 saturated heterocycles. The maximum absolute atomic E-state index is 11.8. The molecule has 0 rings (SSSR count). The van der Waals surface area contributed by atoms with Crippen LogP contribution in [-0.2, 0) is 18.1 Å². The zero-order valence-corrected chi connectivity index (χ0v) is 10.1. The molecular formula is C9H16NO4P. The summed E-state index contributed by atoms with van der Waals surface area (Å²) in [4.78, 5) is 0. The van der Waals surface area contributed by atoms with Gasteiger partial charge in [-0.05, 0) is 26.8 Å². The minimum absolute atomic E-state index is 0.242. The van der Waals surface area contributed by atoms with Gasteiger partial charge in [0.1, 0.15) is 0 Å². The lowest BCUT2D eigenvalue weighted by molar-refractivity contribution is 0.106. The van der Waals surface area contributed by atoms with E-state index in [9.17, 15) is 4.57 Å². The largest absolute Gasteiger partial charge is 0.475 e. The molecule has 0 amide bonds. The van der Waals surface area contributed by atoms with Gasteiger partial charge in [-0.25, -0.2) is 4.57 Å². The topological polar surface area (TPSA) is 68.6 Å². The van der Waals surface area contributed by atoms with Crippen molar-refractivity contribution in [3.63, 3.8) is 0 Å². The van der Waals surface area contributed by atoms with E-state index in [4.69, 9.17) is 18.8 Å². The smallest absolute Gasteiger partial charge is 0.287 e. The molecule has 0 bridgehead atoms. The summed E-state index contributed by atoms with van der Waals surface area (Å²) in [6, 6.07) is 1.82. The van der Waals surface area contributed by atoms with Crippen molar-refractivity contribution in [2.24, 2.45) is 0 Å². The lowest BCUT2D eigenvalue weighted by Gasteiger charge is -2.18. The Labute approximate surface area is 90.3 Å². The molecule has 0 aromatic heterocycles. The van der Waals surface area contributed by atoms with Crippen LogP contribution in [0.4, 0.5) is 0 Å². The van der Waals surface area contributed by atoms with Gasteiger partial charge in [0.2, 0.25) is 0 Å². The summed E-state index contributed by atoms with van der Waals surface area (Å²) in [5.74, 6) is 0. The van der Waals surface area contributed by atoms with E-state index in [1.54, 1.807) is 20.8 Å². The van der Waals surface area contributed by atoms with E-state index >= 15 is 0 Å². The van der Waals surface area contributed by atoms with E-state index in [1.807, 2.05) is 6.07 Å². The van der Waals surface area contributed by atoms with E-state index in [-0.39, 0.29) is 13.2 Å². The van der Waals surface area contributed by atoms with Crippen molar-refractivity contribution in [3.8, 4) is 6.07 Å². The van der Waals surface area contributed by atoms with Crippen molar-refractivity contribution < 1.29 is 18.1 Å². The number of phosphoric ester groups is 1. The Morgan fingerprint density at radius 3 is 2.33 bits per heavy atom. The summed E-state index contributed by atoms with van der Waals surface area (Å²) in [5.41, 5.74) is 0. The van der Waals surface area contributed by atoms with E-state index < -0.39 is 13.9 Å². The SMILES string of the molecule is CCOP(=O)(OCC)OC(C)/C=C/C#N. The molecule has 0 spiro atoms. The van der Waals surface area contributed by atoms with Gasteiger partial charge in [-0.2, -0.15) is 5.26 Å². The molecule has 0 aliphatic rings. The molecular weight excluding hydrogens is 217 g/mol. The van der Waals surface area contributed by atoms with Crippen LogP contribution >= 0.6 is 7.82 Å². The lowest BCUT2D eigenvalue weighted by Crippen LogP contribution is -2.07. The van der Waals surface area contributed by atoms with Crippen LogP contribution in [0.1, 0.15) is 20.8 Å². The molecule has 5 nitrogen and oxygen atoms in total. The molecule has 0 fully saturated rings. The summed E-state index contributed by atoms with van der Waals surface area (Å²) in [7, 11) is -3.48. The molecule has 15 heavy (non-hydrogen) atoms. The van der Waals surface area contributed by atoms with Gasteiger partial charge in [-0.15, -0.1) is 0 Å². The fourth-order valence-electron chi connectivity index (χ4n) is 0.832. The Morgan fingerprint density at radius 1 is 1.40 bits per heavy atom. The number of hydrogen-bond donors (Lipinski definition) is 0. The van der Waals surface area contributed by atoms with Gasteiger partial charge in [0.25, 0.3) is 0 Å².